The van der Waals surface area contributed by atoms with Crippen LogP contribution in [-0.2, 0) is 6.54 Å². The maximum Gasteiger partial charge on any atom is 0.201 e. The van der Waals surface area contributed by atoms with E-state index in [4.69, 9.17) is 10.5 Å². The maximum absolute atomic E-state index is 6.00. The number of benzene rings is 2. The van der Waals surface area contributed by atoms with Crippen LogP contribution in [0.1, 0.15) is 11.1 Å². The van der Waals surface area contributed by atoms with Gasteiger partial charge in [0, 0.05) is 0 Å². The molecule has 3 rings (SSSR count). The Balaban J connectivity index is 1.76. The Morgan fingerprint density at radius 1 is 1.10 bits per heavy atom. The monoisotopic (exact) mass is 281 g/mol. The minimum absolute atomic E-state index is 0.531. The number of hydrogen-bond acceptors (Lipinski definition) is 3. The third-order valence-corrected chi connectivity index (χ3v) is 3.51. The average molecular weight is 281 g/mol. The van der Waals surface area contributed by atoms with Gasteiger partial charge in [-0.25, -0.2) is 4.98 Å². The second-order valence-electron chi connectivity index (χ2n) is 5.28. The summed E-state index contributed by atoms with van der Waals surface area (Å²) in [5, 5.41) is 0. The lowest BCUT2D eigenvalue weighted by molar-refractivity contribution is 0.301. The van der Waals surface area contributed by atoms with Crippen molar-refractivity contribution in [2.75, 3.05) is 12.3 Å². The van der Waals surface area contributed by atoms with Gasteiger partial charge in [-0.3, -0.25) is 0 Å². The quantitative estimate of drug-likeness (QED) is 0.798. The molecule has 0 spiro atoms. The average Bonchev–Trinajstić information content (AvgIpc) is 2.75. The zero-order valence-electron chi connectivity index (χ0n) is 12.3. The Labute approximate surface area is 124 Å². The number of nitrogens with zero attached hydrogens (tertiary/aromatic N) is 2. The number of imidazole rings is 1. The van der Waals surface area contributed by atoms with Crippen LogP contribution in [0.15, 0.2) is 42.5 Å². The number of aromatic nitrogens is 2. The summed E-state index contributed by atoms with van der Waals surface area (Å²) in [5.74, 6) is 1.41. The number of fused-ring (bicyclic) bond motifs is 1. The fourth-order valence-corrected chi connectivity index (χ4v) is 2.45. The summed E-state index contributed by atoms with van der Waals surface area (Å²) in [6.07, 6.45) is 0. The first-order chi connectivity index (χ1) is 10.1. The summed E-state index contributed by atoms with van der Waals surface area (Å²) >= 11 is 0. The summed E-state index contributed by atoms with van der Waals surface area (Å²) in [4.78, 5) is 4.38. The molecule has 0 fully saturated rings. The topological polar surface area (TPSA) is 53.1 Å². The standard InChI is InChI=1S/C17H19N3O/c1-12-4-3-5-14(10-12)21-9-8-20-16-11-13(2)6-7-15(16)19-17(20)18/h3-7,10-11H,8-9H2,1-2H3,(H2,18,19). The van der Waals surface area contributed by atoms with Gasteiger partial charge >= 0.3 is 0 Å². The lowest BCUT2D eigenvalue weighted by Gasteiger charge is -2.09. The zero-order chi connectivity index (χ0) is 14.8. The van der Waals surface area contributed by atoms with E-state index in [2.05, 4.69) is 31.0 Å². The zero-order valence-corrected chi connectivity index (χ0v) is 12.3. The highest BCUT2D eigenvalue weighted by molar-refractivity contribution is 5.79. The first kappa shape index (κ1) is 13.5. The number of ether oxygens (including phenoxy) is 1. The third kappa shape index (κ3) is 2.84. The molecule has 2 aromatic carbocycles. The van der Waals surface area contributed by atoms with E-state index in [1.54, 1.807) is 0 Å². The second kappa shape index (κ2) is 5.48. The smallest absolute Gasteiger partial charge is 0.201 e. The third-order valence-electron chi connectivity index (χ3n) is 3.51. The Hall–Kier alpha value is -2.49. The fraction of sp³-hybridized carbons (Fsp3) is 0.235. The fourth-order valence-electron chi connectivity index (χ4n) is 2.45. The maximum atomic E-state index is 6.00. The normalized spacial score (nSPS) is 11.0. The first-order valence-corrected chi connectivity index (χ1v) is 7.05. The van der Waals surface area contributed by atoms with Gasteiger partial charge in [0.05, 0.1) is 17.6 Å². The lowest BCUT2D eigenvalue weighted by atomic mass is 10.2. The van der Waals surface area contributed by atoms with Crippen molar-refractivity contribution in [3.05, 3.63) is 53.6 Å². The molecular formula is C17H19N3O. The van der Waals surface area contributed by atoms with E-state index >= 15 is 0 Å². The van der Waals surface area contributed by atoms with Crippen LogP contribution in [0.5, 0.6) is 5.75 Å². The van der Waals surface area contributed by atoms with Crippen molar-refractivity contribution in [2.24, 2.45) is 0 Å². The number of nitrogens with two attached hydrogens (primary N) is 1. The van der Waals surface area contributed by atoms with E-state index < -0.39 is 0 Å². The van der Waals surface area contributed by atoms with E-state index in [0.29, 0.717) is 19.1 Å². The van der Waals surface area contributed by atoms with Crippen LogP contribution in [-0.4, -0.2) is 16.2 Å². The second-order valence-corrected chi connectivity index (χ2v) is 5.28. The lowest BCUT2D eigenvalue weighted by Crippen LogP contribution is -2.10. The van der Waals surface area contributed by atoms with Crippen LogP contribution in [0.2, 0.25) is 0 Å². The summed E-state index contributed by atoms with van der Waals surface area (Å²) in [6, 6.07) is 14.2. The molecule has 2 N–H and O–H groups in total. The minimum atomic E-state index is 0.531. The molecule has 4 heteroatoms. The van der Waals surface area contributed by atoms with E-state index in [9.17, 15) is 0 Å². The molecule has 0 bridgehead atoms. The Morgan fingerprint density at radius 2 is 1.90 bits per heavy atom. The molecule has 1 aromatic heterocycles. The first-order valence-electron chi connectivity index (χ1n) is 7.05. The summed E-state index contributed by atoms with van der Waals surface area (Å²) < 4.78 is 7.79. The van der Waals surface area contributed by atoms with Crippen LogP contribution in [0, 0.1) is 13.8 Å². The predicted octanol–water partition coefficient (Wildman–Crippen LogP) is 3.31. The van der Waals surface area contributed by atoms with Gasteiger partial charge in [0.1, 0.15) is 12.4 Å². The molecule has 0 aliphatic rings. The molecule has 0 saturated carbocycles. The molecular weight excluding hydrogens is 262 g/mol. The van der Waals surface area contributed by atoms with E-state index in [-0.39, 0.29) is 0 Å². The van der Waals surface area contributed by atoms with Crippen molar-refractivity contribution >= 4 is 17.0 Å². The summed E-state index contributed by atoms with van der Waals surface area (Å²) in [6.45, 7) is 5.36. The molecule has 0 atom stereocenters. The molecule has 0 aliphatic carbocycles. The van der Waals surface area contributed by atoms with Crippen molar-refractivity contribution in [1.29, 1.82) is 0 Å². The van der Waals surface area contributed by atoms with Gasteiger partial charge in [0.15, 0.2) is 0 Å². The largest absolute Gasteiger partial charge is 0.492 e. The molecule has 108 valence electrons. The van der Waals surface area contributed by atoms with Crippen LogP contribution < -0.4 is 10.5 Å². The number of nitrogen functional groups attached to an aromatic ring is 1. The van der Waals surface area contributed by atoms with Crippen molar-refractivity contribution < 1.29 is 4.74 Å². The molecule has 0 amide bonds. The van der Waals surface area contributed by atoms with E-state index in [1.165, 1.54) is 11.1 Å². The Morgan fingerprint density at radius 3 is 2.71 bits per heavy atom. The van der Waals surface area contributed by atoms with Gasteiger partial charge in [-0.15, -0.1) is 0 Å². The summed E-state index contributed by atoms with van der Waals surface area (Å²) in [5.41, 5.74) is 10.4. The minimum Gasteiger partial charge on any atom is -0.492 e. The van der Waals surface area contributed by atoms with Crippen molar-refractivity contribution in [3.8, 4) is 5.75 Å². The van der Waals surface area contributed by atoms with Crippen molar-refractivity contribution in [3.63, 3.8) is 0 Å². The molecule has 0 radical (unpaired) electrons. The number of hydrogen-bond donors (Lipinski definition) is 1. The molecule has 0 saturated heterocycles. The molecule has 0 unspecified atom stereocenters. The van der Waals surface area contributed by atoms with Gasteiger partial charge < -0.3 is 15.0 Å². The van der Waals surface area contributed by atoms with Gasteiger partial charge in [-0.2, -0.15) is 0 Å². The van der Waals surface area contributed by atoms with Crippen LogP contribution in [0.4, 0.5) is 5.95 Å². The van der Waals surface area contributed by atoms with Gasteiger partial charge in [-0.05, 0) is 49.2 Å². The van der Waals surface area contributed by atoms with Crippen LogP contribution in [0.25, 0.3) is 11.0 Å². The van der Waals surface area contributed by atoms with Gasteiger partial charge in [0.25, 0.3) is 0 Å². The Kier molecular flexibility index (Phi) is 3.52. The highest BCUT2D eigenvalue weighted by Gasteiger charge is 2.08. The molecule has 4 nitrogen and oxygen atoms in total. The predicted molar refractivity (Wildman–Crippen MR) is 85.6 cm³/mol. The van der Waals surface area contributed by atoms with Gasteiger partial charge in [0.2, 0.25) is 5.95 Å². The summed E-state index contributed by atoms with van der Waals surface area (Å²) in [7, 11) is 0. The number of aryl methyl sites for hydroxylation is 2. The highest BCUT2D eigenvalue weighted by Crippen LogP contribution is 2.19. The molecule has 21 heavy (non-hydrogen) atoms. The molecule has 3 aromatic rings. The van der Waals surface area contributed by atoms with E-state index in [0.717, 1.165) is 16.8 Å². The number of anilines is 1. The van der Waals surface area contributed by atoms with Crippen molar-refractivity contribution in [2.45, 2.75) is 20.4 Å². The highest BCUT2D eigenvalue weighted by atomic mass is 16.5. The van der Waals surface area contributed by atoms with Crippen LogP contribution in [0.3, 0.4) is 0 Å². The van der Waals surface area contributed by atoms with Gasteiger partial charge in [-0.1, -0.05) is 18.2 Å². The Bertz CT molecular complexity index is 777. The number of rotatable bonds is 4. The molecule has 0 aliphatic heterocycles. The molecule has 1 heterocycles. The van der Waals surface area contributed by atoms with Crippen LogP contribution >= 0.6 is 0 Å². The van der Waals surface area contributed by atoms with Crippen molar-refractivity contribution in [1.82, 2.24) is 9.55 Å². The SMILES string of the molecule is Cc1cccc(OCCn2c(N)nc3ccc(C)cc32)c1. The van der Waals surface area contributed by atoms with E-state index in [1.807, 2.05) is 34.9 Å².